The molecule has 0 unspecified atom stereocenters. The van der Waals surface area contributed by atoms with Crippen LogP contribution in [0.4, 0.5) is 0 Å². The largest absolute Gasteiger partial charge is 0.386 e. The lowest BCUT2D eigenvalue weighted by Crippen LogP contribution is -2.17. The quantitative estimate of drug-likeness (QED) is 0.362. The van der Waals surface area contributed by atoms with Gasteiger partial charge < -0.3 is 4.74 Å². The predicted octanol–water partition coefficient (Wildman–Crippen LogP) is 0.599. The molecule has 2 aliphatic rings. The zero-order valence-corrected chi connectivity index (χ0v) is 7.81. The third-order valence-corrected chi connectivity index (χ3v) is 2.44. The van der Waals surface area contributed by atoms with E-state index in [9.17, 15) is 14.4 Å². The molecule has 0 aromatic heterocycles. The molecule has 0 saturated carbocycles. The van der Waals surface area contributed by atoms with Crippen molar-refractivity contribution in [2.45, 2.75) is 6.61 Å². The van der Waals surface area contributed by atoms with Gasteiger partial charge in [0.25, 0.3) is 0 Å². The maximum atomic E-state index is 11.3. The topological polar surface area (TPSA) is 78.9 Å². The van der Waals surface area contributed by atoms with Crippen LogP contribution in [0.5, 0.6) is 0 Å². The molecule has 0 radical (unpaired) electrons. The highest BCUT2D eigenvalue weighted by Crippen LogP contribution is 2.27. The lowest BCUT2D eigenvalue weighted by molar-refractivity contribution is -0.256. The smallest absolute Gasteiger partial charge is 0.373 e. The highest BCUT2D eigenvalue weighted by Gasteiger charge is 2.33. The van der Waals surface area contributed by atoms with E-state index in [0.717, 1.165) is 0 Å². The first-order chi connectivity index (χ1) is 7.66. The fraction of sp³-hybridized carbons (Fsp3) is 0.100. The Morgan fingerprint density at radius 2 is 1.56 bits per heavy atom. The molecule has 3 rings (SSSR count). The van der Waals surface area contributed by atoms with Crippen LogP contribution in [-0.2, 0) is 21.1 Å². The Morgan fingerprint density at radius 3 is 2.31 bits per heavy atom. The lowest BCUT2D eigenvalue weighted by atomic mass is 9.99. The maximum absolute atomic E-state index is 11.3. The van der Waals surface area contributed by atoms with Gasteiger partial charge in [0.2, 0.25) is 0 Å². The van der Waals surface area contributed by atoms with Crippen LogP contribution in [0, 0.1) is 0 Å². The van der Waals surface area contributed by atoms with Gasteiger partial charge in [0.05, 0.1) is 16.7 Å². The Labute approximate surface area is 88.6 Å². The molecule has 2 heterocycles. The number of fused-ring (bicyclic) bond motifs is 2. The fourth-order valence-electron chi connectivity index (χ4n) is 1.68. The van der Waals surface area contributed by atoms with Gasteiger partial charge in [-0.2, -0.15) is 4.89 Å². The van der Waals surface area contributed by atoms with Crippen LogP contribution in [0.25, 0.3) is 0 Å². The van der Waals surface area contributed by atoms with Crippen molar-refractivity contribution in [3.63, 3.8) is 0 Å². The molecule has 0 saturated heterocycles. The summed E-state index contributed by atoms with van der Waals surface area (Å²) >= 11 is 0. The minimum absolute atomic E-state index is 0.0514. The molecule has 0 fully saturated rings. The van der Waals surface area contributed by atoms with Crippen molar-refractivity contribution < 1.29 is 28.9 Å². The van der Waals surface area contributed by atoms with E-state index in [0.29, 0.717) is 5.56 Å². The van der Waals surface area contributed by atoms with Gasteiger partial charge in [0, 0.05) is 0 Å². The Morgan fingerprint density at radius 1 is 0.875 bits per heavy atom. The first-order valence-electron chi connectivity index (χ1n) is 4.44. The van der Waals surface area contributed by atoms with Crippen LogP contribution in [0.15, 0.2) is 12.1 Å². The van der Waals surface area contributed by atoms with Crippen LogP contribution in [0.2, 0.25) is 0 Å². The van der Waals surface area contributed by atoms with E-state index in [2.05, 4.69) is 14.5 Å². The number of benzene rings is 1. The molecule has 16 heavy (non-hydrogen) atoms. The van der Waals surface area contributed by atoms with Crippen molar-refractivity contribution >= 4 is 17.9 Å². The van der Waals surface area contributed by atoms with Gasteiger partial charge in [0.15, 0.2) is 0 Å². The predicted molar refractivity (Wildman–Crippen MR) is 46.4 cm³/mol. The number of rotatable bonds is 0. The van der Waals surface area contributed by atoms with E-state index in [1.165, 1.54) is 12.1 Å². The molecule has 0 atom stereocenters. The average molecular weight is 220 g/mol. The van der Waals surface area contributed by atoms with E-state index in [-0.39, 0.29) is 23.3 Å². The van der Waals surface area contributed by atoms with E-state index in [1.54, 1.807) is 0 Å². The van der Waals surface area contributed by atoms with Crippen LogP contribution in [0.1, 0.15) is 36.6 Å². The molecule has 80 valence electrons. The molecule has 2 aliphatic heterocycles. The molecule has 1 aromatic carbocycles. The van der Waals surface area contributed by atoms with Crippen molar-refractivity contribution in [2.75, 3.05) is 0 Å². The summed E-state index contributed by atoms with van der Waals surface area (Å²) in [4.78, 5) is 42.7. The molecule has 1 aromatic rings. The Hall–Kier alpha value is -2.21. The number of carbonyl (C=O) groups is 3. The van der Waals surface area contributed by atoms with Crippen molar-refractivity contribution in [3.05, 3.63) is 34.4 Å². The monoisotopic (exact) mass is 220 g/mol. The van der Waals surface area contributed by atoms with Crippen molar-refractivity contribution in [2.24, 2.45) is 0 Å². The molecule has 6 heteroatoms. The van der Waals surface area contributed by atoms with E-state index >= 15 is 0 Å². The summed E-state index contributed by atoms with van der Waals surface area (Å²) in [6, 6.07) is 2.71. The Bertz CT molecular complexity index is 544. The van der Waals surface area contributed by atoms with Crippen molar-refractivity contribution in [1.82, 2.24) is 0 Å². The number of hydrogen-bond donors (Lipinski definition) is 0. The maximum Gasteiger partial charge on any atom is 0.373 e. The van der Waals surface area contributed by atoms with Crippen LogP contribution in [0.3, 0.4) is 0 Å². The Balaban J connectivity index is 2.25. The van der Waals surface area contributed by atoms with Gasteiger partial charge in [-0.1, -0.05) is 0 Å². The minimum Gasteiger partial charge on any atom is -0.386 e. The fourth-order valence-corrected chi connectivity index (χ4v) is 1.68. The number of esters is 2. The summed E-state index contributed by atoms with van der Waals surface area (Å²) in [5.74, 6) is -2.14. The van der Waals surface area contributed by atoms with Crippen LogP contribution < -0.4 is 0 Å². The summed E-state index contributed by atoms with van der Waals surface area (Å²) < 4.78 is 4.42. The summed E-state index contributed by atoms with van der Waals surface area (Å²) in [6.45, 7) is 0.0514. The number of cyclic esters (lactones) is 2. The zero-order chi connectivity index (χ0) is 11.3. The molecule has 0 amide bonds. The summed E-state index contributed by atoms with van der Waals surface area (Å²) in [5.41, 5.74) is 0.961. The zero-order valence-electron chi connectivity index (χ0n) is 7.81. The molecular formula is C10H4O6. The standard InChI is InChI=1S/C10H4O6/c11-8-6-1-4-3-14-16-10(13)5(4)2-7(6)9(12)15-8/h1-2H,3H2. The van der Waals surface area contributed by atoms with Crippen LogP contribution >= 0.6 is 0 Å². The van der Waals surface area contributed by atoms with Gasteiger partial charge in [-0.05, 0) is 17.7 Å². The third-order valence-electron chi connectivity index (χ3n) is 2.44. The summed E-state index contributed by atoms with van der Waals surface area (Å²) in [6.07, 6.45) is 0. The molecular weight excluding hydrogens is 216 g/mol. The first-order valence-corrected chi connectivity index (χ1v) is 4.44. The highest BCUT2D eigenvalue weighted by molar-refractivity contribution is 6.15. The molecule has 0 spiro atoms. The Kier molecular flexibility index (Phi) is 1.64. The summed E-state index contributed by atoms with van der Waals surface area (Å²) in [7, 11) is 0. The SMILES string of the molecule is O=C1OOCc2cc3c(cc21)C(=O)OC3=O. The second-order valence-corrected chi connectivity index (χ2v) is 3.36. The molecule has 0 aliphatic carbocycles. The highest BCUT2D eigenvalue weighted by atomic mass is 17.2. The number of carbonyl (C=O) groups excluding carboxylic acids is 3. The second-order valence-electron chi connectivity index (χ2n) is 3.36. The van der Waals surface area contributed by atoms with Gasteiger partial charge in [-0.25, -0.2) is 14.4 Å². The van der Waals surface area contributed by atoms with E-state index < -0.39 is 17.9 Å². The average Bonchev–Trinajstić information content (AvgIpc) is 2.53. The van der Waals surface area contributed by atoms with Gasteiger partial charge in [0.1, 0.15) is 6.61 Å². The minimum atomic E-state index is -0.748. The molecule has 0 bridgehead atoms. The molecule has 0 N–H and O–H groups in total. The van der Waals surface area contributed by atoms with Gasteiger partial charge in [-0.3, -0.25) is 4.89 Å². The first kappa shape index (κ1) is 9.05. The number of hydrogen-bond acceptors (Lipinski definition) is 6. The summed E-state index contributed by atoms with van der Waals surface area (Å²) in [5, 5.41) is 0. The van der Waals surface area contributed by atoms with Crippen molar-refractivity contribution in [1.29, 1.82) is 0 Å². The molecule has 6 nitrogen and oxygen atoms in total. The lowest BCUT2D eigenvalue weighted by Gasteiger charge is -2.14. The third kappa shape index (κ3) is 1.07. The van der Waals surface area contributed by atoms with E-state index in [4.69, 9.17) is 0 Å². The second kappa shape index (κ2) is 2.89. The normalized spacial score (nSPS) is 17.6. The van der Waals surface area contributed by atoms with Gasteiger partial charge in [-0.15, -0.1) is 0 Å². The van der Waals surface area contributed by atoms with Gasteiger partial charge >= 0.3 is 17.9 Å². The van der Waals surface area contributed by atoms with Crippen molar-refractivity contribution in [3.8, 4) is 0 Å². The number of ether oxygens (including phenoxy) is 1. The van der Waals surface area contributed by atoms with E-state index in [1.807, 2.05) is 0 Å². The van der Waals surface area contributed by atoms with Crippen LogP contribution in [-0.4, -0.2) is 17.9 Å².